The highest BCUT2D eigenvalue weighted by Crippen LogP contribution is 2.26. The smallest absolute Gasteiger partial charge is 0.279 e. The monoisotopic (exact) mass is 354 g/mol. The number of benzene rings is 1. The number of pyridine rings is 1. The first-order valence-corrected chi connectivity index (χ1v) is 8.43. The van der Waals surface area contributed by atoms with Gasteiger partial charge in [-0.15, -0.1) is 11.3 Å². The van der Waals surface area contributed by atoms with Gasteiger partial charge in [0.2, 0.25) is 0 Å². The molecule has 7 heteroatoms. The summed E-state index contributed by atoms with van der Waals surface area (Å²) in [4.78, 5) is 16.9. The van der Waals surface area contributed by atoms with Crippen LogP contribution in [0.2, 0.25) is 5.02 Å². The number of anilines is 1. The van der Waals surface area contributed by atoms with Crippen molar-refractivity contribution in [2.24, 2.45) is 0 Å². The van der Waals surface area contributed by atoms with Gasteiger partial charge < -0.3 is 0 Å². The topological polar surface area (TPSA) is 59.3 Å². The fourth-order valence-electron chi connectivity index (χ4n) is 2.34. The first-order valence-electron chi connectivity index (χ1n) is 7.17. The Balaban J connectivity index is 1.60. The number of amides is 1. The van der Waals surface area contributed by atoms with E-state index in [-0.39, 0.29) is 11.6 Å². The molecule has 0 aliphatic heterocycles. The van der Waals surface area contributed by atoms with Gasteiger partial charge in [0, 0.05) is 17.1 Å². The number of nitrogens with zero attached hydrogens (tertiary/aromatic N) is 3. The molecule has 5 nitrogen and oxygen atoms in total. The Kier molecular flexibility index (Phi) is 3.76. The minimum absolute atomic E-state index is 0.180. The standard InChI is InChI=1S/C17H11ClN4OS/c18-14-13-8-4-5-9-22(13)21-15(14)16(23)20-17-19-12(10-24-17)11-6-2-1-3-7-11/h1-10H,(H,19,20,23). The third-order valence-electron chi connectivity index (χ3n) is 3.49. The molecule has 0 saturated carbocycles. The second-order valence-electron chi connectivity index (χ2n) is 5.05. The number of thiazole rings is 1. The second-order valence-corrected chi connectivity index (χ2v) is 6.29. The van der Waals surface area contributed by atoms with E-state index in [4.69, 9.17) is 11.6 Å². The van der Waals surface area contributed by atoms with Gasteiger partial charge in [-0.2, -0.15) is 5.10 Å². The number of hydrogen-bond acceptors (Lipinski definition) is 4. The number of halogens is 1. The number of aromatic nitrogens is 3. The van der Waals surface area contributed by atoms with Crippen LogP contribution in [0.25, 0.3) is 16.8 Å². The molecule has 3 heterocycles. The average molecular weight is 355 g/mol. The lowest BCUT2D eigenvalue weighted by atomic mass is 10.2. The van der Waals surface area contributed by atoms with Crippen molar-refractivity contribution in [2.75, 3.05) is 5.32 Å². The van der Waals surface area contributed by atoms with E-state index in [0.717, 1.165) is 11.3 Å². The molecule has 0 aliphatic carbocycles. The third kappa shape index (κ3) is 2.66. The lowest BCUT2D eigenvalue weighted by Crippen LogP contribution is -2.13. The van der Waals surface area contributed by atoms with Crippen LogP contribution in [0.5, 0.6) is 0 Å². The van der Waals surface area contributed by atoms with Crippen molar-refractivity contribution in [1.29, 1.82) is 0 Å². The number of rotatable bonds is 3. The molecule has 0 radical (unpaired) electrons. The van der Waals surface area contributed by atoms with E-state index >= 15 is 0 Å². The Hall–Kier alpha value is -2.70. The molecule has 4 aromatic rings. The Morgan fingerprint density at radius 3 is 2.71 bits per heavy atom. The van der Waals surface area contributed by atoms with Crippen molar-refractivity contribution < 1.29 is 4.79 Å². The number of carbonyl (C=O) groups is 1. The molecule has 0 atom stereocenters. The lowest BCUT2D eigenvalue weighted by molar-refractivity contribution is 0.102. The maximum Gasteiger partial charge on any atom is 0.279 e. The molecule has 0 aliphatic rings. The Morgan fingerprint density at radius 1 is 1.12 bits per heavy atom. The molecule has 118 valence electrons. The predicted molar refractivity (Wildman–Crippen MR) is 95.7 cm³/mol. The summed E-state index contributed by atoms with van der Waals surface area (Å²) in [5, 5.41) is 9.71. The largest absolute Gasteiger partial charge is 0.296 e. The summed E-state index contributed by atoms with van der Waals surface area (Å²) in [6, 6.07) is 15.3. The second kappa shape index (κ2) is 6.07. The highest BCUT2D eigenvalue weighted by molar-refractivity contribution is 7.14. The number of hydrogen-bond donors (Lipinski definition) is 1. The van der Waals surface area contributed by atoms with Crippen LogP contribution in [-0.2, 0) is 0 Å². The van der Waals surface area contributed by atoms with E-state index in [0.29, 0.717) is 15.7 Å². The van der Waals surface area contributed by atoms with Crippen molar-refractivity contribution in [3.63, 3.8) is 0 Å². The van der Waals surface area contributed by atoms with Crippen LogP contribution in [0.4, 0.5) is 5.13 Å². The molecule has 1 N–H and O–H groups in total. The van der Waals surface area contributed by atoms with Crippen molar-refractivity contribution in [3.05, 3.63) is 70.8 Å². The van der Waals surface area contributed by atoms with Gasteiger partial charge in [0.25, 0.3) is 5.91 Å². The summed E-state index contributed by atoms with van der Waals surface area (Å²) in [6.07, 6.45) is 1.74. The molecule has 0 saturated heterocycles. The zero-order valence-corrected chi connectivity index (χ0v) is 13.9. The highest BCUT2D eigenvalue weighted by Gasteiger charge is 2.19. The van der Waals surface area contributed by atoms with Crippen LogP contribution in [0.15, 0.2) is 60.1 Å². The minimum atomic E-state index is -0.377. The van der Waals surface area contributed by atoms with E-state index in [2.05, 4.69) is 15.4 Å². The van der Waals surface area contributed by atoms with Gasteiger partial charge in [0.1, 0.15) is 0 Å². The number of carbonyl (C=O) groups excluding carboxylic acids is 1. The summed E-state index contributed by atoms with van der Waals surface area (Å²) < 4.78 is 1.58. The first-order chi connectivity index (χ1) is 11.7. The maximum absolute atomic E-state index is 12.4. The van der Waals surface area contributed by atoms with Crippen LogP contribution in [0, 0.1) is 0 Å². The van der Waals surface area contributed by atoms with Gasteiger partial charge in [0.05, 0.1) is 16.2 Å². The van der Waals surface area contributed by atoms with Gasteiger partial charge in [-0.05, 0) is 12.1 Å². The molecular weight excluding hydrogens is 344 g/mol. The lowest BCUT2D eigenvalue weighted by Gasteiger charge is -1.98. The van der Waals surface area contributed by atoms with Crippen LogP contribution >= 0.6 is 22.9 Å². The normalized spacial score (nSPS) is 10.9. The van der Waals surface area contributed by atoms with E-state index in [1.54, 1.807) is 10.7 Å². The maximum atomic E-state index is 12.4. The van der Waals surface area contributed by atoms with Gasteiger partial charge in [0.15, 0.2) is 10.8 Å². The Bertz CT molecular complexity index is 1030. The van der Waals surface area contributed by atoms with E-state index < -0.39 is 0 Å². The molecule has 0 spiro atoms. The summed E-state index contributed by atoms with van der Waals surface area (Å²) in [7, 11) is 0. The van der Waals surface area contributed by atoms with E-state index in [1.165, 1.54) is 11.3 Å². The average Bonchev–Trinajstić information content (AvgIpc) is 3.21. The fraction of sp³-hybridized carbons (Fsp3) is 0. The molecule has 1 aromatic carbocycles. The van der Waals surface area contributed by atoms with Gasteiger partial charge in [-0.25, -0.2) is 9.50 Å². The molecule has 1 amide bonds. The molecule has 24 heavy (non-hydrogen) atoms. The van der Waals surface area contributed by atoms with Crippen molar-refractivity contribution in [1.82, 2.24) is 14.6 Å². The summed E-state index contributed by atoms with van der Waals surface area (Å²) >= 11 is 7.62. The van der Waals surface area contributed by atoms with E-state index in [9.17, 15) is 4.79 Å². The minimum Gasteiger partial charge on any atom is -0.296 e. The van der Waals surface area contributed by atoms with Crippen molar-refractivity contribution in [2.45, 2.75) is 0 Å². The van der Waals surface area contributed by atoms with E-state index in [1.807, 2.05) is 53.9 Å². The summed E-state index contributed by atoms with van der Waals surface area (Å²) in [6.45, 7) is 0. The zero-order valence-electron chi connectivity index (χ0n) is 12.3. The number of nitrogens with one attached hydrogen (secondary N) is 1. The fourth-order valence-corrected chi connectivity index (χ4v) is 3.33. The zero-order chi connectivity index (χ0) is 16.5. The summed E-state index contributed by atoms with van der Waals surface area (Å²) in [5.41, 5.74) is 2.68. The van der Waals surface area contributed by atoms with Gasteiger partial charge >= 0.3 is 0 Å². The van der Waals surface area contributed by atoms with Gasteiger partial charge in [-0.3, -0.25) is 10.1 Å². The van der Waals surface area contributed by atoms with Crippen molar-refractivity contribution >= 4 is 39.5 Å². The molecule has 0 fully saturated rings. The third-order valence-corrected chi connectivity index (χ3v) is 4.62. The predicted octanol–water partition coefficient (Wildman–Crippen LogP) is 4.36. The number of fused-ring (bicyclic) bond motifs is 1. The molecular formula is C17H11ClN4OS. The van der Waals surface area contributed by atoms with Gasteiger partial charge in [-0.1, -0.05) is 48.0 Å². The van der Waals surface area contributed by atoms with Crippen LogP contribution in [0.3, 0.4) is 0 Å². The van der Waals surface area contributed by atoms with Crippen LogP contribution in [-0.4, -0.2) is 20.5 Å². The quantitative estimate of drug-likeness (QED) is 0.594. The van der Waals surface area contributed by atoms with Crippen LogP contribution in [0.1, 0.15) is 10.5 Å². The molecule has 3 aromatic heterocycles. The van der Waals surface area contributed by atoms with Crippen molar-refractivity contribution in [3.8, 4) is 11.3 Å². The molecule has 0 unspecified atom stereocenters. The highest BCUT2D eigenvalue weighted by atomic mass is 35.5. The molecule has 0 bridgehead atoms. The van der Waals surface area contributed by atoms with Crippen LogP contribution < -0.4 is 5.32 Å². The Labute approximate surface area is 146 Å². The Morgan fingerprint density at radius 2 is 1.92 bits per heavy atom. The first kappa shape index (κ1) is 14.9. The summed E-state index contributed by atoms with van der Waals surface area (Å²) in [5.74, 6) is -0.377. The molecule has 4 rings (SSSR count). The SMILES string of the molecule is O=C(Nc1nc(-c2ccccc2)cs1)c1nn2ccccc2c1Cl.